The van der Waals surface area contributed by atoms with E-state index < -0.39 is 0 Å². The van der Waals surface area contributed by atoms with Crippen LogP contribution in [-0.2, 0) is 16.1 Å². The number of thioether (sulfide) groups is 1. The molecule has 2 aromatic carbocycles. The molecule has 2 aliphatic heterocycles. The molecule has 7 nitrogen and oxygen atoms in total. The predicted molar refractivity (Wildman–Crippen MR) is 140 cm³/mol. The lowest BCUT2D eigenvalue weighted by molar-refractivity contribution is -0.122. The van der Waals surface area contributed by atoms with Gasteiger partial charge in [0.25, 0.3) is 5.91 Å². The van der Waals surface area contributed by atoms with E-state index in [-0.39, 0.29) is 5.91 Å². The highest BCUT2D eigenvalue weighted by atomic mass is 32.2. The van der Waals surface area contributed by atoms with Crippen LogP contribution in [0, 0.1) is 0 Å². The first kappa shape index (κ1) is 23.1. The Kier molecular flexibility index (Phi) is 7.11. The number of rotatable bonds is 6. The number of aliphatic imine (C=N–C) groups is 1. The average molecular weight is 487 g/mol. The number of para-hydroxylation sites is 1. The number of aromatic nitrogens is 1. The molecule has 2 fully saturated rings. The Morgan fingerprint density at radius 3 is 2.69 bits per heavy atom. The zero-order chi connectivity index (χ0) is 24.0. The Bertz CT molecular complexity index is 1240. The number of hydrogen-bond acceptors (Lipinski definition) is 7. The first-order valence-electron chi connectivity index (χ1n) is 11.5. The summed E-state index contributed by atoms with van der Waals surface area (Å²) < 4.78 is 11.2. The normalized spacial score (nSPS) is 18.5. The molecule has 2 saturated heterocycles. The van der Waals surface area contributed by atoms with Gasteiger partial charge in [-0.3, -0.25) is 14.7 Å². The summed E-state index contributed by atoms with van der Waals surface area (Å²) in [5, 5.41) is 0.639. The predicted octanol–water partition coefficient (Wildman–Crippen LogP) is 4.73. The van der Waals surface area contributed by atoms with Gasteiger partial charge < -0.3 is 14.4 Å². The maximum atomic E-state index is 13.5. The van der Waals surface area contributed by atoms with Gasteiger partial charge in [0.1, 0.15) is 5.75 Å². The molecule has 35 heavy (non-hydrogen) atoms. The molecule has 8 heteroatoms. The van der Waals surface area contributed by atoms with Crippen molar-refractivity contribution in [1.29, 1.82) is 0 Å². The van der Waals surface area contributed by atoms with Crippen molar-refractivity contribution in [2.75, 3.05) is 38.3 Å². The number of morpholine rings is 1. The number of carbonyl (C=O) groups excluding carboxylic acids is 1. The first-order valence-corrected chi connectivity index (χ1v) is 12.3. The van der Waals surface area contributed by atoms with Crippen LogP contribution in [0.15, 0.2) is 83.0 Å². The fourth-order valence-electron chi connectivity index (χ4n) is 4.00. The minimum atomic E-state index is -0.0900. The van der Waals surface area contributed by atoms with Crippen LogP contribution in [0.3, 0.4) is 0 Å². The number of pyridine rings is 1. The van der Waals surface area contributed by atoms with Crippen LogP contribution in [0.25, 0.3) is 6.08 Å². The van der Waals surface area contributed by atoms with Crippen molar-refractivity contribution in [2.45, 2.75) is 6.54 Å². The van der Waals surface area contributed by atoms with Crippen LogP contribution < -0.4 is 9.64 Å². The highest BCUT2D eigenvalue weighted by Crippen LogP contribution is 2.37. The fourth-order valence-corrected chi connectivity index (χ4v) is 4.99. The third kappa shape index (κ3) is 5.39. The molecule has 0 saturated carbocycles. The lowest BCUT2D eigenvalue weighted by Gasteiger charge is -2.29. The Morgan fingerprint density at radius 1 is 1.11 bits per heavy atom. The Morgan fingerprint density at radius 2 is 1.94 bits per heavy atom. The van der Waals surface area contributed by atoms with Gasteiger partial charge in [-0.1, -0.05) is 24.3 Å². The molecule has 0 radical (unpaired) electrons. The van der Waals surface area contributed by atoms with Crippen molar-refractivity contribution in [3.8, 4) is 5.75 Å². The maximum absolute atomic E-state index is 13.5. The van der Waals surface area contributed by atoms with Gasteiger partial charge in [-0.25, -0.2) is 4.99 Å². The number of hydrogen-bond donors (Lipinski definition) is 0. The third-order valence-corrected chi connectivity index (χ3v) is 6.82. The number of ether oxygens (including phenoxy) is 2. The van der Waals surface area contributed by atoms with Crippen LogP contribution in [0.5, 0.6) is 5.75 Å². The van der Waals surface area contributed by atoms with E-state index in [2.05, 4.69) is 16.0 Å². The SMILES string of the molecule is COc1cc(N2CCOCC2)ccc1/C=C1\SC(=Nc2ccccc2)N(Cc2cccnc2)C1=O. The summed E-state index contributed by atoms with van der Waals surface area (Å²) in [6, 6.07) is 19.6. The number of benzene rings is 2. The van der Waals surface area contributed by atoms with Crippen molar-refractivity contribution in [2.24, 2.45) is 4.99 Å². The van der Waals surface area contributed by atoms with Gasteiger partial charge in [-0.2, -0.15) is 0 Å². The Hall–Kier alpha value is -3.62. The summed E-state index contributed by atoms with van der Waals surface area (Å²) in [4.78, 5) is 27.0. The molecule has 1 aromatic heterocycles. The number of amidine groups is 1. The van der Waals surface area contributed by atoms with Crippen LogP contribution >= 0.6 is 11.8 Å². The van der Waals surface area contributed by atoms with Crippen LogP contribution in [0.2, 0.25) is 0 Å². The molecule has 0 spiro atoms. The highest BCUT2D eigenvalue weighted by molar-refractivity contribution is 8.18. The van der Waals surface area contributed by atoms with Gasteiger partial charge in [0, 0.05) is 42.8 Å². The standard InChI is InChI=1S/C27H26N4O3S/c1-33-24-17-23(30-12-14-34-15-13-30)10-9-21(24)16-25-26(32)31(19-20-6-5-11-28-18-20)27(35-25)29-22-7-3-2-4-8-22/h2-11,16-18H,12-15,19H2,1H3/b25-16-,29-27?. The molecule has 3 heterocycles. The minimum absolute atomic E-state index is 0.0900. The minimum Gasteiger partial charge on any atom is -0.496 e. The molecule has 2 aliphatic rings. The number of methoxy groups -OCH3 is 1. The zero-order valence-corrected chi connectivity index (χ0v) is 20.3. The summed E-state index contributed by atoms with van der Waals surface area (Å²) in [5.74, 6) is 0.634. The van der Waals surface area contributed by atoms with Crippen molar-refractivity contribution in [3.05, 3.63) is 89.1 Å². The number of carbonyl (C=O) groups is 1. The lowest BCUT2D eigenvalue weighted by Crippen LogP contribution is -2.36. The van der Waals surface area contributed by atoms with E-state index in [0.717, 1.165) is 54.6 Å². The lowest BCUT2D eigenvalue weighted by atomic mass is 10.1. The molecule has 0 bridgehead atoms. The Balaban J connectivity index is 1.46. The average Bonchev–Trinajstić information content (AvgIpc) is 3.19. The summed E-state index contributed by atoms with van der Waals surface area (Å²) in [7, 11) is 1.65. The van der Waals surface area contributed by atoms with Crippen molar-refractivity contribution >= 4 is 40.3 Å². The van der Waals surface area contributed by atoms with Crippen molar-refractivity contribution < 1.29 is 14.3 Å². The number of anilines is 1. The summed E-state index contributed by atoms with van der Waals surface area (Å²) >= 11 is 1.37. The molecule has 0 atom stereocenters. The molecule has 178 valence electrons. The topological polar surface area (TPSA) is 67.3 Å². The molecule has 1 amide bonds. The van der Waals surface area contributed by atoms with E-state index in [9.17, 15) is 4.79 Å². The maximum Gasteiger partial charge on any atom is 0.267 e. The second-order valence-corrected chi connectivity index (χ2v) is 9.13. The van der Waals surface area contributed by atoms with E-state index in [1.54, 1.807) is 24.4 Å². The van der Waals surface area contributed by atoms with Gasteiger partial charge in [-0.15, -0.1) is 0 Å². The number of amides is 1. The largest absolute Gasteiger partial charge is 0.496 e. The molecular formula is C27H26N4O3S. The van der Waals surface area contributed by atoms with E-state index in [1.165, 1.54) is 11.8 Å². The summed E-state index contributed by atoms with van der Waals surface area (Å²) in [5.41, 5.74) is 3.67. The van der Waals surface area contributed by atoms with Gasteiger partial charge in [0.2, 0.25) is 0 Å². The van der Waals surface area contributed by atoms with Crippen LogP contribution in [0.1, 0.15) is 11.1 Å². The van der Waals surface area contributed by atoms with Gasteiger partial charge >= 0.3 is 0 Å². The van der Waals surface area contributed by atoms with Crippen molar-refractivity contribution in [1.82, 2.24) is 9.88 Å². The molecular weight excluding hydrogens is 460 g/mol. The van der Waals surface area contributed by atoms with E-state index in [4.69, 9.17) is 14.5 Å². The Labute approximate surface area is 209 Å². The van der Waals surface area contributed by atoms with Gasteiger partial charge in [0.05, 0.1) is 37.5 Å². The molecule has 5 rings (SSSR count). The van der Waals surface area contributed by atoms with Crippen LogP contribution in [-0.4, -0.2) is 54.4 Å². The summed E-state index contributed by atoms with van der Waals surface area (Å²) in [6.07, 6.45) is 5.38. The second-order valence-electron chi connectivity index (χ2n) is 8.12. The fraction of sp³-hybridized carbons (Fsp3) is 0.222. The quantitative estimate of drug-likeness (QED) is 0.469. The van der Waals surface area contributed by atoms with E-state index in [0.29, 0.717) is 16.6 Å². The first-order chi connectivity index (χ1) is 17.2. The van der Waals surface area contributed by atoms with E-state index >= 15 is 0 Å². The van der Waals surface area contributed by atoms with Crippen LogP contribution in [0.4, 0.5) is 11.4 Å². The monoisotopic (exact) mass is 486 g/mol. The molecule has 0 unspecified atom stereocenters. The molecule has 0 aliphatic carbocycles. The molecule has 3 aromatic rings. The molecule has 0 N–H and O–H groups in total. The highest BCUT2D eigenvalue weighted by Gasteiger charge is 2.33. The summed E-state index contributed by atoms with van der Waals surface area (Å²) in [6.45, 7) is 3.53. The van der Waals surface area contributed by atoms with Gasteiger partial charge in [-0.05, 0) is 53.7 Å². The van der Waals surface area contributed by atoms with E-state index in [1.807, 2.05) is 60.7 Å². The van der Waals surface area contributed by atoms with Gasteiger partial charge in [0.15, 0.2) is 5.17 Å². The number of nitrogens with zero attached hydrogens (tertiary/aromatic N) is 4. The van der Waals surface area contributed by atoms with Crippen molar-refractivity contribution in [3.63, 3.8) is 0 Å². The third-order valence-electron chi connectivity index (χ3n) is 5.81. The second kappa shape index (κ2) is 10.8. The smallest absolute Gasteiger partial charge is 0.267 e. The zero-order valence-electron chi connectivity index (χ0n) is 19.5.